The lowest BCUT2D eigenvalue weighted by Gasteiger charge is -2.08. The van der Waals surface area contributed by atoms with Gasteiger partial charge in [-0.05, 0) is 37.1 Å². The lowest BCUT2D eigenvalue weighted by molar-refractivity contribution is 0.0305. The Morgan fingerprint density at radius 3 is 1.45 bits per heavy atom. The van der Waals surface area contributed by atoms with Crippen molar-refractivity contribution in [2.45, 2.75) is 49.3 Å². The molecule has 2 aromatic rings. The van der Waals surface area contributed by atoms with E-state index in [-0.39, 0.29) is 45.7 Å². The molecule has 0 amide bonds. The van der Waals surface area contributed by atoms with Gasteiger partial charge in [0.15, 0.2) is 0 Å². The Balaban J connectivity index is 1.47. The predicted octanol–water partition coefficient (Wildman–Crippen LogP) is 6.12. The summed E-state index contributed by atoms with van der Waals surface area (Å²) < 4.78 is 21.6. The summed E-state index contributed by atoms with van der Waals surface area (Å²) in [5.41, 5.74) is 1.21. The molecule has 0 bridgehead atoms. The van der Waals surface area contributed by atoms with Crippen LogP contribution in [0.4, 0.5) is 0 Å². The Labute approximate surface area is 242 Å². The van der Waals surface area contributed by atoms with Crippen LogP contribution in [-0.4, -0.2) is 63.1 Å². The number of benzene rings is 2. The molecule has 10 heteroatoms. The number of rotatable bonds is 14. The van der Waals surface area contributed by atoms with Gasteiger partial charge in [0.05, 0.1) is 34.2 Å². The fourth-order valence-electron chi connectivity index (χ4n) is 4.05. The summed E-state index contributed by atoms with van der Waals surface area (Å²) in [4.78, 5) is 53.7. The highest BCUT2D eigenvalue weighted by Crippen LogP contribution is 2.51. The van der Waals surface area contributed by atoms with Gasteiger partial charge < -0.3 is 18.9 Å². The largest absolute Gasteiger partial charge is 0.460 e. The molecule has 0 aliphatic carbocycles. The molecule has 2 aliphatic rings. The summed E-state index contributed by atoms with van der Waals surface area (Å²) in [6, 6.07) is 9.71. The van der Waals surface area contributed by atoms with Crippen LogP contribution in [0.15, 0.2) is 56.0 Å². The van der Waals surface area contributed by atoms with Crippen LogP contribution in [0.1, 0.15) is 81.0 Å². The van der Waals surface area contributed by atoms with Crippen LogP contribution in [0.3, 0.4) is 0 Å². The van der Waals surface area contributed by atoms with Crippen molar-refractivity contribution < 1.29 is 38.1 Å². The first kappa shape index (κ1) is 30.0. The van der Waals surface area contributed by atoms with Gasteiger partial charge in [-0.15, -0.1) is 0 Å². The predicted molar refractivity (Wildman–Crippen MR) is 152 cm³/mol. The van der Waals surface area contributed by atoms with Crippen molar-refractivity contribution in [3.8, 4) is 0 Å². The SMILES string of the molecule is CCCCOCCOC(=O)c1cccc2c1S/C(=C1/Sc3c(C(=O)OCCOCCCC)cccc3C1=O)C2=O. The molecule has 0 saturated carbocycles. The summed E-state index contributed by atoms with van der Waals surface area (Å²) in [5, 5.41) is 0. The number of esters is 2. The number of ketones is 2. The van der Waals surface area contributed by atoms with Crippen LogP contribution < -0.4 is 0 Å². The topological polar surface area (TPSA) is 105 Å². The maximum Gasteiger partial charge on any atom is 0.339 e. The summed E-state index contributed by atoms with van der Waals surface area (Å²) in [6.07, 6.45) is 3.91. The van der Waals surface area contributed by atoms with Gasteiger partial charge in [-0.1, -0.05) is 62.3 Å². The van der Waals surface area contributed by atoms with Gasteiger partial charge in [-0.3, -0.25) is 9.59 Å². The van der Waals surface area contributed by atoms with Crippen molar-refractivity contribution >= 4 is 47.0 Å². The fraction of sp³-hybridized carbons (Fsp3) is 0.400. The molecule has 0 fully saturated rings. The molecular weight excluding hydrogens is 552 g/mol. The first-order valence-corrected chi connectivity index (χ1v) is 15.1. The van der Waals surface area contributed by atoms with Gasteiger partial charge in [0.25, 0.3) is 0 Å². The Bertz CT molecular complexity index is 1220. The second-order valence-electron chi connectivity index (χ2n) is 9.09. The number of allylic oxidation sites excluding steroid dienone is 2. The number of ether oxygens (including phenoxy) is 4. The lowest BCUT2D eigenvalue weighted by Crippen LogP contribution is -2.12. The molecule has 0 saturated heterocycles. The Hall–Kier alpha value is -2.92. The molecule has 2 aliphatic heterocycles. The van der Waals surface area contributed by atoms with E-state index in [9.17, 15) is 19.2 Å². The normalized spacial score (nSPS) is 15.8. The Kier molecular flexibility index (Phi) is 11.0. The van der Waals surface area contributed by atoms with Gasteiger partial charge in [0.2, 0.25) is 11.6 Å². The van der Waals surface area contributed by atoms with Crippen LogP contribution in [0.2, 0.25) is 0 Å². The zero-order chi connectivity index (χ0) is 28.5. The van der Waals surface area contributed by atoms with Gasteiger partial charge in [0.1, 0.15) is 13.2 Å². The van der Waals surface area contributed by atoms with E-state index >= 15 is 0 Å². The maximum atomic E-state index is 13.4. The third kappa shape index (κ3) is 6.86. The zero-order valence-electron chi connectivity index (χ0n) is 22.6. The molecule has 2 heterocycles. The van der Waals surface area contributed by atoms with E-state index in [0.717, 1.165) is 49.2 Å². The average Bonchev–Trinajstić information content (AvgIpc) is 3.48. The number of unbranched alkanes of at least 4 members (excludes halogenated alkanes) is 2. The highest BCUT2D eigenvalue weighted by Gasteiger charge is 2.39. The summed E-state index contributed by atoms with van der Waals surface area (Å²) in [5.74, 6) is -1.79. The average molecular weight is 585 g/mol. The van der Waals surface area contributed by atoms with Crippen molar-refractivity contribution in [1.29, 1.82) is 0 Å². The Morgan fingerprint density at radius 1 is 0.625 bits per heavy atom. The van der Waals surface area contributed by atoms with Gasteiger partial charge in [-0.25, -0.2) is 9.59 Å². The van der Waals surface area contributed by atoms with Crippen molar-refractivity contribution in [2.24, 2.45) is 0 Å². The molecular formula is C30H32O8S2. The number of hydrogen-bond donors (Lipinski definition) is 0. The monoisotopic (exact) mass is 584 g/mol. The fourth-order valence-corrected chi connectivity index (χ4v) is 6.55. The second kappa shape index (κ2) is 14.6. The van der Waals surface area contributed by atoms with Crippen LogP contribution in [0.5, 0.6) is 0 Å². The molecule has 2 aromatic carbocycles. The van der Waals surface area contributed by atoms with E-state index in [2.05, 4.69) is 13.8 Å². The van der Waals surface area contributed by atoms with E-state index in [4.69, 9.17) is 18.9 Å². The van der Waals surface area contributed by atoms with Gasteiger partial charge >= 0.3 is 11.9 Å². The molecule has 4 rings (SSSR count). The number of carbonyl (C=O) groups is 4. The van der Waals surface area contributed by atoms with E-state index in [1.165, 1.54) is 0 Å². The minimum atomic E-state index is -0.556. The number of hydrogen-bond acceptors (Lipinski definition) is 10. The first-order valence-electron chi connectivity index (χ1n) is 13.4. The number of carbonyl (C=O) groups excluding carboxylic acids is 4. The highest BCUT2D eigenvalue weighted by atomic mass is 32.2. The number of fused-ring (bicyclic) bond motifs is 2. The smallest absolute Gasteiger partial charge is 0.339 e. The molecule has 0 unspecified atom stereocenters. The van der Waals surface area contributed by atoms with E-state index in [1.54, 1.807) is 36.4 Å². The molecule has 40 heavy (non-hydrogen) atoms. The maximum absolute atomic E-state index is 13.4. The molecule has 212 valence electrons. The van der Waals surface area contributed by atoms with E-state index in [0.29, 0.717) is 47.3 Å². The number of thioether (sulfide) groups is 2. The van der Waals surface area contributed by atoms with E-state index in [1.807, 2.05) is 0 Å². The van der Waals surface area contributed by atoms with Crippen molar-refractivity contribution in [1.82, 2.24) is 0 Å². The van der Waals surface area contributed by atoms with Crippen LogP contribution in [0, 0.1) is 0 Å². The molecule has 8 nitrogen and oxygen atoms in total. The van der Waals surface area contributed by atoms with E-state index < -0.39 is 11.9 Å². The van der Waals surface area contributed by atoms with Crippen molar-refractivity contribution in [3.05, 3.63) is 68.5 Å². The molecule has 0 atom stereocenters. The quantitative estimate of drug-likeness (QED) is 0.146. The third-order valence-electron chi connectivity index (χ3n) is 6.19. The Morgan fingerprint density at radius 2 is 1.05 bits per heavy atom. The molecule has 0 spiro atoms. The van der Waals surface area contributed by atoms with Crippen LogP contribution in [0.25, 0.3) is 0 Å². The van der Waals surface area contributed by atoms with Crippen molar-refractivity contribution in [2.75, 3.05) is 39.6 Å². The first-order chi connectivity index (χ1) is 19.5. The van der Waals surface area contributed by atoms with Crippen molar-refractivity contribution in [3.63, 3.8) is 0 Å². The summed E-state index contributed by atoms with van der Waals surface area (Å²) in [7, 11) is 0. The minimum Gasteiger partial charge on any atom is -0.460 e. The van der Waals surface area contributed by atoms with Gasteiger partial charge in [0, 0.05) is 34.1 Å². The van der Waals surface area contributed by atoms with Gasteiger partial charge in [-0.2, -0.15) is 0 Å². The van der Waals surface area contributed by atoms with Crippen LogP contribution >= 0.6 is 23.5 Å². The zero-order valence-corrected chi connectivity index (χ0v) is 24.3. The standard InChI is InChI=1S/C30H32O8S2/c1-3-5-13-35-15-17-37-29(33)21-11-7-9-19-23(31)27(39-25(19)21)28-24(32)20-10-8-12-22(26(20)40-28)30(34)38-18-16-36-14-6-4-2/h7-12H,3-6,13-18H2,1-2H3/b28-27+. The molecule has 0 radical (unpaired) electrons. The highest BCUT2D eigenvalue weighted by molar-refractivity contribution is 8.08. The molecule has 0 N–H and O–H groups in total. The summed E-state index contributed by atoms with van der Waals surface area (Å²) in [6.45, 7) is 6.15. The third-order valence-corrected chi connectivity index (χ3v) is 8.80. The summed E-state index contributed by atoms with van der Waals surface area (Å²) >= 11 is 2.16. The number of Topliss-reactive ketones (excluding diaryl/α,β-unsaturated/α-hetero) is 2. The molecule has 0 aromatic heterocycles. The van der Waals surface area contributed by atoms with Crippen LogP contribution in [-0.2, 0) is 18.9 Å². The lowest BCUT2D eigenvalue weighted by atomic mass is 10.0. The minimum absolute atomic E-state index is 0.103. The second-order valence-corrected chi connectivity index (χ2v) is 11.1.